The highest BCUT2D eigenvalue weighted by molar-refractivity contribution is 5.68. The lowest BCUT2D eigenvalue weighted by atomic mass is 9.93. The monoisotopic (exact) mass is 287 g/mol. The zero-order chi connectivity index (χ0) is 15.3. The number of nitrogens with one attached hydrogen (secondary N) is 1. The molecule has 21 heavy (non-hydrogen) atoms. The van der Waals surface area contributed by atoms with E-state index in [2.05, 4.69) is 35.7 Å². The minimum absolute atomic E-state index is 0.374. The third-order valence-corrected chi connectivity index (χ3v) is 3.45. The Labute approximate surface area is 127 Å². The van der Waals surface area contributed by atoms with Crippen molar-refractivity contribution in [1.82, 2.24) is 5.32 Å². The molecule has 0 unspecified atom stereocenters. The van der Waals surface area contributed by atoms with Gasteiger partial charge in [-0.05, 0) is 63.2 Å². The van der Waals surface area contributed by atoms with Crippen molar-refractivity contribution < 1.29 is 9.53 Å². The van der Waals surface area contributed by atoms with E-state index >= 15 is 0 Å². The number of carbonyl (C=O) groups excluding carboxylic acids is 1. The summed E-state index contributed by atoms with van der Waals surface area (Å²) in [6.07, 6.45) is 6.93. The number of hydrogen-bond donors (Lipinski definition) is 1. The predicted molar refractivity (Wildman–Crippen MR) is 86.0 cm³/mol. The fourth-order valence-electron chi connectivity index (χ4n) is 2.43. The molecule has 0 heterocycles. The van der Waals surface area contributed by atoms with E-state index in [1.54, 1.807) is 0 Å². The Kier molecular flexibility index (Phi) is 5.05. The largest absolute Gasteiger partial charge is 0.444 e. The molecule has 0 radical (unpaired) electrons. The maximum atomic E-state index is 11.6. The average molecular weight is 287 g/mol. The van der Waals surface area contributed by atoms with Gasteiger partial charge in [0, 0.05) is 6.54 Å². The molecule has 1 aliphatic rings. The van der Waals surface area contributed by atoms with Gasteiger partial charge in [-0.15, -0.1) is 0 Å². The van der Waals surface area contributed by atoms with Gasteiger partial charge >= 0.3 is 6.09 Å². The lowest BCUT2D eigenvalue weighted by Gasteiger charge is -2.19. The summed E-state index contributed by atoms with van der Waals surface area (Å²) in [7, 11) is 0. The third kappa shape index (κ3) is 5.25. The first-order valence-electron chi connectivity index (χ1n) is 7.69. The summed E-state index contributed by atoms with van der Waals surface area (Å²) in [5, 5.41) is 2.78. The molecule has 3 heteroatoms. The number of rotatable bonds is 3. The van der Waals surface area contributed by atoms with Gasteiger partial charge in [0.1, 0.15) is 5.60 Å². The number of hydrogen-bond acceptors (Lipinski definition) is 2. The zero-order valence-electron chi connectivity index (χ0n) is 13.2. The van der Waals surface area contributed by atoms with Crippen LogP contribution in [0.25, 0.3) is 5.57 Å². The molecule has 0 aliphatic heterocycles. The molecule has 1 aromatic rings. The first kappa shape index (κ1) is 15.6. The molecule has 0 fully saturated rings. The Morgan fingerprint density at radius 1 is 1.19 bits per heavy atom. The Hall–Kier alpha value is -1.77. The molecule has 0 spiro atoms. The summed E-state index contributed by atoms with van der Waals surface area (Å²) in [4.78, 5) is 11.6. The molecule has 3 nitrogen and oxygen atoms in total. The standard InChI is InChI=1S/C18H25NO2/c1-18(2,3)21-17(20)19-13-14-9-11-16(12-10-14)15-7-5-4-6-8-15/h7,9-12H,4-6,8,13H2,1-3H3,(H,19,20). The van der Waals surface area contributed by atoms with Gasteiger partial charge < -0.3 is 10.1 Å². The lowest BCUT2D eigenvalue weighted by Crippen LogP contribution is -2.32. The minimum atomic E-state index is -0.457. The van der Waals surface area contributed by atoms with E-state index in [9.17, 15) is 4.79 Å². The van der Waals surface area contributed by atoms with Gasteiger partial charge in [0.2, 0.25) is 0 Å². The zero-order valence-corrected chi connectivity index (χ0v) is 13.2. The molecule has 1 N–H and O–H groups in total. The molecule has 0 saturated heterocycles. The van der Waals surface area contributed by atoms with E-state index in [0.29, 0.717) is 6.54 Å². The molecular formula is C18H25NO2. The number of ether oxygens (including phenoxy) is 1. The van der Waals surface area contributed by atoms with Crippen molar-refractivity contribution in [3.8, 4) is 0 Å². The number of allylic oxidation sites excluding steroid dienone is 2. The van der Waals surface area contributed by atoms with E-state index in [-0.39, 0.29) is 6.09 Å². The van der Waals surface area contributed by atoms with E-state index in [1.807, 2.05) is 20.8 Å². The third-order valence-electron chi connectivity index (χ3n) is 3.45. The molecular weight excluding hydrogens is 262 g/mol. The van der Waals surface area contributed by atoms with Crippen molar-refractivity contribution in [2.24, 2.45) is 0 Å². The quantitative estimate of drug-likeness (QED) is 0.877. The molecule has 0 saturated carbocycles. The second kappa shape index (κ2) is 6.79. The van der Waals surface area contributed by atoms with Crippen molar-refractivity contribution in [3.63, 3.8) is 0 Å². The molecule has 0 bridgehead atoms. The molecule has 0 aromatic heterocycles. The highest BCUT2D eigenvalue weighted by atomic mass is 16.6. The first-order chi connectivity index (χ1) is 9.94. The summed E-state index contributed by atoms with van der Waals surface area (Å²) in [5.74, 6) is 0. The summed E-state index contributed by atoms with van der Waals surface area (Å²) in [5.41, 5.74) is 3.38. The molecule has 114 valence electrons. The van der Waals surface area contributed by atoms with E-state index < -0.39 is 5.60 Å². The van der Waals surface area contributed by atoms with E-state index in [4.69, 9.17) is 4.74 Å². The maximum Gasteiger partial charge on any atom is 0.407 e. The minimum Gasteiger partial charge on any atom is -0.444 e. The van der Waals surface area contributed by atoms with Crippen LogP contribution in [0, 0.1) is 0 Å². The number of amides is 1. The molecule has 1 aliphatic carbocycles. The Balaban J connectivity index is 1.88. The van der Waals surface area contributed by atoms with E-state index in [0.717, 1.165) is 5.56 Å². The molecule has 1 aromatic carbocycles. The Bertz CT molecular complexity index is 509. The second-order valence-corrected chi connectivity index (χ2v) is 6.53. The van der Waals surface area contributed by atoms with Crippen LogP contribution in [0.5, 0.6) is 0 Å². The lowest BCUT2D eigenvalue weighted by molar-refractivity contribution is 0.0523. The van der Waals surface area contributed by atoms with Crippen molar-refractivity contribution in [2.75, 3.05) is 0 Å². The van der Waals surface area contributed by atoms with Crippen LogP contribution in [0.2, 0.25) is 0 Å². The van der Waals surface area contributed by atoms with Gasteiger partial charge in [0.15, 0.2) is 0 Å². The summed E-state index contributed by atoms with van der Waals surface area (Å²) in [6.45, 7) is 6.08. The smallest absolute Gasteiger partial charge is 0.407 e. The van der Waals surface area contributed by atoms with Crippen molar-refractivity contribution in [2.45, 2.75) is 58.6 Å². The highest BCUT2D eigenvalue weighted by Crippen LogP contribution is 2.26. The number of benzene rings is 1. The molecule has 2 rings (SSSR count). The van der Waals surface area contributed by atoms with Gasteiger partial charge in [0.25, 0.3) is 0 Å². The topological polar surface area (TPSA) is 38.3 Å². The van der Waals surface area contributed by atoms with Crippen molar-refractivity contribution in [3.05, 3.63) is 41.5 Å². The highest BCUT2D eigenvalue weighted by Gasteiger charge is 2.15. The van der Waals surface area contributed by atoms with Crippen LogP contribution in [0.1, 0.15) is 57.6 Å². The average Bonchev–Trinajstić information content (AvgIpc) is 2.45. The van der Waals surface area contributed by atoms with Crippen LogP contribution >= 0.6 is 0 Å². The fourth-order valence-corrected chi connectivity index (χ4v) is 2.43. The summed E-state index contributed by atoms with van der Waals surface area (Å²) in [6, 6.07) is 8.43. The van der Waals surface area contributed by atoms with Gasteiger partial charge in [0.05, 0.1) is 0 Å². The normalized spacial score (nSPS) is 15.3. The van der Waals surface area contributed by atoms with Crippen LogP contribution in [-0.2, 0) is 11.3 Å². The first-order valence-corrected chi connectivity index (χ1v) is 7.69. The molecule has 1 amide bonds. The van der Waals surface area contributed by atoms with Crippen LogP contribution < -0.4 is 5.32 Å². The van der Waals surface area contributed by atoms with Crippen LogP contribution in [0.15, 0.2) is 30.3 Å². The number of alkyl carbamates (subject to hydrolysis) is 1. The second-order valence-electron chi connectivity index (χ2n) is 6.53. The van der Waals surface area contributed by atoms with Crippen molar-refractivity contribution >= 4 is 11.7 Å². The van der Waals surface area contributed by atoms with Gasteiger partial charge in [-0.2, -0.15) is 0 Å². The SMILES string of the molecule is CC(C)(C)OC(=O)NCc1ccc(C2=CCCCC2)cc1. The van der Waals surface area contributed by atoms with Crippen molar-refractivity contribution in [1.29, 1.82) is 0 Å². The van der Waals surface area contributed by atoms with Gasteiger partial charge in [-0.1, -0.05) is 30.3 Å². The van der Waals surface area contributed by atoms with Crippen LogP contribution in [-0.4, -0.2) is 11.7 Å². The van der Waals surface area contributed by atoms with Crippen LogP contribution in [0.3, 0.4) is 0 Å². The molecule has 0 atom stereocenters. The Morgan fingerprint density at radius 3 is 2.48 bits per heavy atom. The Morgan fingerprint density at radius 2 is 1.90 bits per heavy atom. The van der Waals surface area contributed by atoms with E-state index in [1.165, 1.54) is 36.8 Å². The predicted octanol–water partition coefficient (Wildman–Crippen LogP) is 4.67. The van der Waals surface area contributed by atoms with Gasteiger partial charge in [-0.25, -0.2) is 4.79 Å². The van der Waals surface area contributed by atoms with Gasteiger partial charge in [-0.3, -0.25) is 0 Å². The van der Waals surface area contributed by atoms with Crippen LogP contribution in [0.4, 0.5) is 4.79 Å². The summed E-state index contributed by atoms with van der Waals surface area (Å²) >= 11 is 0. The maximum absolute atomic E-state index is 11.6. The summed E-state index contributed by atoms with van der Waals surface area (Å²) < 4.78 is 5.22. The fraction of sp³-hybridized carbons (Fsp3) is 0.500. The number of carbonyl (C=O) groups is 1.